The first-order chi connectivity index (χ1) is 14.3. The first-order valence-corrected chi connectivity index (χ1v) is 10.5. The van der Waals surface area contributed by atoms with Crippen LogP contribution >= 0.6 is 0 Å². The van der Waals surface area contributed by atoms with Gasteiger partial charge in [-0.1, -0.05) is 18.2 Å². The molecule has 6 heteroatoms. The lowest BCUT2D eigenvalue weighted by molar-refractivity contribution is -0.123. The Balaban J connectivity index is 1.53. The maximum atomic E-state index is 12.9. The summed E-state index contributed by atoms with van der Waals surface area (Å²) in [5, 5.41) is 3.00. The highest BCUT2D eigenvalue weighted by Gasteiger charge is 2.22. The third-order valence-electron chi connectivity index (χ3n) is 4.84. The summed E-state index contributed by atoms with van der Waals surface area (Å²) in [6.45, 7) is 9.11. The summed E-state index contributed by atoms with van der Waals surface area (Å²) in [6, 6.07) is 16.8. The van der Waals surface area contributed by atoms with Gasteiger partial charge in [0.15, 0.2) is 0 Å². The van der Waals surface area contributed by atoms with Crippen LogP contribution in [-0.2, 0) is 4.79 Å². The van der Waals surface area contributed by atoms with Gasteiger partial charge in [0.2, 0.25) is 5.91 Å². The maximum Gasteiger partial charge on any atom is 0.253 e. The molecule has 2 amide bonds. The van der Waals surface area contributed by atoms with Gasteiger partial charge in [-0.2, -0.15) is 0 Å². The summed E-state index contributed by atoms with van der Waals surface area (Å²) in [5.74, 6) is 1.50. The Morgan fingerprint density at radius 3 is 2.23 bits per heavy atom. The molecule has 1 heterocycles. The summed E-state index contributed by atoms with van der Waals surface area (Å²) in [6.07, 6.45) is 0.851. The van der Waals surface area contributed by atoms with Crippen LogP contribution in [0, 0.1) is 0 Å². The van der Waals surface area contributed by atoms with Gasteiger partial charge in [0.05, 0.1) is 6.54 Å². The standard InChI is InChI=1S/C24H31N3O3/c1-24(2,3)25-22(28)18-26-14-7-15-27(17-16-26)23(29)19-10-12-21(13-11-19)30-20-8-5-4-6-9-20/h4-6,8-13H,7,14-18H2,1-3H3,(H,25,28). The highest BCUT2D eigenvalue weighted by molar-refractivity contribution is 5.94. The Labute approximate surface area is 178 Å². The summed E-state index contributed by atoms with van der Waals surface area (Å²) < 4.78 is 5.79. The second-order valence-electron chi connectivity index (χ2n) is 8.66. The van der Waals surface area contributed by atoms with Crippen molar-refractivity contribution in [2.75, 3.05) is 32.7 Å². The van der Waals surface area contributed by atoms with Crippen LogP contribution in [0.2, 0.25) is 0 Å². The number of hydrogen-bond donors (Lipinski definition) is 1. The van der Waals surface area contributed by atoms with E-state index >= 15 is 0 Å². The van der Waals surface area contributed by atoms with E-state index in [1.807, 2.05) is 68.1 Å². The molecule has 1 N–H and O–H groups in total. The second-order valence-corrected chi connectivity index (χ2v) is 8.66. The fourth-order valence-electron chi connectivity index (χ4n) is 3.47. The van der Waals surface area contributed by atoms with Crippen molar-refractivity contribution in [2.24, 2.45) is 0 Å². The molecule has 6 nitrogen and oxygen atoms in total. The molecular formula is C24H31N3O3. The number of ether oxygens (including phenoxy) is 1. The first-order valence-electron chi connectivity index (χ1n) is 10.5. The normalized spacial score (nSPS) is 15.4. The molecule has 2 aromatic rings. The molecule has 2 aromatic carbocycles. The molecule has 30 heavy (non-hydrogen) atoms. The van der Waals surface area contributed by atoms with E-state index in [9.17, 15) is 9.59 Å². The van der Waals surface area contributed by atoms with Crippen molar-refractivity contribution in [2.45, 2.75) is 32.7 Å². The molecule has 160 valence electrons. The van der Waals surface area contributed by atoms with Gasteiger partial charge in [0.25, 0.3) is 5.91 Å². The SMILES string of the molecule is CC(C)(C)NC(=O)CN1CCCN(C(=O)c2ccc(Oc3ccccc3)cc2)CC1. The van der Waals surface area contributed by atoms with Crippen LogP contribution in [0.1, 0.15) is 37.6 Å². The number of nitrogens with zero attached hydrogens (tertiary/aromatic N) is 2. The Hall–Kier alpha value is -2.86. The Bertz CT molecular complexity index is 844. The van der Waals surface area contributed by atoms with Crippen LogP contribution in [0.5, 0.6) is 11.5 Å². The number of nitrogens with one attached hydrogen (secondary N) is 1. The predicted molar refractivity (Wildman–Crippen MR) is 118 cm³/mol. The van der Waals surface area contributed by atoms with E-state index in [1.165, 1.54) is 0 Å². The predicted octanol–water partition coefficient (Wildman–Crippen LogP) is 3.54. The Morgan fingerprint density at radius 1 is 0.900 bits per heavy atom. The lowest BCUT2D eigenvalue weighted by atomic mass is 10.1. The van der Waals surface area contributed by atoms with Crippen LogP contribution in [0.25, 0.3) is 0 Å². The van der Waals surface area contributed by atoms with Crippen molar-refractivity contribution in [1.29, 1.82) is 0 Å². The number of amides is 2. The van der Waals surface area contributed by atoms with Gasteiger partial charge in [-0.05, 0) is 63.6 Å². The molecule has 0 aliphatic carbocycles. The van der Waals surface area contributed by atoms with Crippen LogP contribution in [0.3, 0.4) is 0 Å². The Morgan fingerprint density at radius 2 is 1.57 bits per heavy atom. The van der Waals surface area contributed by atoms with E-state index in [-0.39, 0.29) is 17.4 Å². The van der Waals surface area contributed by atoms with Gasteiger partial charge < -0.3 is 15.0 Å². The molecular weight excluding hydrogens is 378 g/mol. The minimum atomic E-state index is -0.235. The van der Waals surface area contributed by atoms with E-state index in [4.69, 9.17) is 4.74 Å². The second kappa shape index (κ2) is 9.76. The molecule has 1 aliphatic rings. The smallest absolute Gasteiger partial charge is 0.253 e. The van der Waals surface area contributed by atoms with Crippen molar-refractivity contribution in [1.82, 2.24) is 15.1 Å². The molecule has 0 spiro atoms. The van der Waals surface area contributed by atoms with Crippen molar-refractivity contribution in [3.63, 3.8) is 0 Å². The molecule has 0 unspecified atom stereocenters. The number of carbonyl (C=O) groups is 2. The van der Waals surface area contributed by atoms with Crippen molar-refractivity contribution >= 4 is 11.8 Å². The molecule has 1 saturated heterocycles. The van der Waals surface area contributed by atoms with Crippen LogP contribution in [-0.4, -0.2) is 59.9 Å². The lowest BCUT2D eigenvalue weighted by Crippen LogP contribution is -2.46. The summed E-state index contributed by atoms with van der Waals surface area (Å²) in [4.78, 5) is 29.1. The highest BCUT2D eigenvalue weighted by Crippen LogP contribution is 2.21. The molecule has 3 rings (SSSR count). The third kappa shape index (κ3) is 6.59. The number of carbonyl (C=O) groups excluding carboxylic acids is 2. The molecule has 1 aliphatic heterocycles. The van der Waals surface area contributed by atoms with Gasteiger partial charge in [-0.3, -0.25) is 14.5 Å². The lowest BCUT2D eigenvalue weighted by Gasteiger charge is -2.25. The van der Waals surface area contributed by atoms with Crippen molar-refractivity contribution in [3.05, 3.63) is 60.2 Å². The zero-order valence-corrected chi connectivity index (χ0v) is 18.1. The van der Waals surface area contributed by atoms with E-state index in [0.29, 0.717) is 37.5 Å². The van der Waals surface area contributed by atoms with Gasteiger partial charge in [-0.15, -0.1) is 0 Å². The van der Waals surface area contributed by atoms with E-state index in [0.717, 1.165) is 18.7 Å². The Kier molecular flexibility index (Phi) is 7.11. The van der Waals surface area contributed by atoms with Crippen LogP contribution in [0.15, 0.2) is 54.6 Å². The third-order valence-corrected chi connectivity index (χ3v) is 4.84. The molecule has 0 bridgehead atoms. The van der Waals surface area contributed by atoms with E-state index in [1.54, 1.807) is 12.1 Å². The van der Waals surface area contributed by atoms with Gasteiger partial charge in [-0.25, -0.2) is 0 Å². The molecule has 0 radical (unpaired) electrons. The summed E-state index contributed by atoms with van der Waals surface area (Å²) in [7, 11) is 0. The number of hydrogen-bond acceptors (Lipinski definition) is 4. The number of benzene rings is 2. The van der Waals surface area contributed by atoms with Gasteiger partial charge in [0, 0.05) is 37.3 Å². The first kappa shape index (κ1) is 21.8. The van der Waals surface area contributed by atoms with E-state index < -0.39 is 0 Å². The average Bonchev–Trinajstić information content (AvgIpc) is 2.93. The molecule has 1 fully saturated rings. The van der Waals surface area contributed by atoms with Crippen LogP contribution in [0.4, 0.5) is 0 Å². The van der Waals surface area contributed by atoms with Crippen molar-refractivity contribution < 1.29 is 14.3 Å². The zero-order valence-electron chi connectivity index (χ0n) is 18.1. The van der Waals surface area contributed by atoms with Gasteiger partial charge in [0.1, 0.15) is 11.5 Å². The number of para-hydroxylation sites is 1. The summed E-state index contributed by atoms with van der Waals surface area (Å²) >= 11 is 0. The van der Waals surface area contributed by atoms with Crippen LogP contribution < -0.4 is 10.1 Å². The van der Waals surface area contributed by atoms with Crippen molar-refractivity contribution in [3.8, 4) is 11.5 Å². The quantitative estimate of drug-likeness (QED) is 0.821. The maximum absolute atomic E-state index is 12.9. The minimum Gasteiger partial charge on any atom is -0.457 e. The highest BCUT2D eigenvalue weighted by atomic mass is 16.5. The van der Waals surface area contributed by atoms with E-state index in [2.05, 4.69) is 10.2 Å². The summed E-state index contributed by atoms with van der Waals surface area (Å²) in [5.41, 5.74) is 0.413. The average molecular weight is 410 g/mol. The molecule has 0 saturated carbocycles. The molecule has 0 aromatic heterocycles. The topological polar surface area (TPSA) is 61.9 Å². The zero-order chi connectivity index (χ0) is 21.6. The largest absolute Gasteiger partial charge is 0.457 e. The fraction of sp³-hybridized carbons (Fsp3) is 0.417. The van der Waals surface area contributed by atoms with Gasteiger partial charge >= 0.3 is 0 Å². The minimum absolute atomic E-state index is 0.0160. The fourth-order valence-corrected chi connectivity index (χ4v) is 3.47. The number of rotatable bonds is 5. The monoisotopic (exact) mass is 409 g/mol. The molecule has 0 atom stereocenters.